The van der Waals surface area contributed by atoms with E-state index in [0.29, 0.717) is 12.4 Å². The Morgan fingerprint density at radius 2 is 1.79 bits per heavy atom. The number of hydrogen-bond acceptors (Lipinski definition) is 6. The Balaban J connectivity index is 1.71. The smallest absolute Gasteiger partial charge is 0.136 e. The standard InChI is InChI=1S/C18H21N5O/c1-13-20-17(19-12-16-5-4-10-24-16)11-18(21-13)22-14-6-8-15(9-7-14)23(2)3/h4-11H,12H2,1-3H3,(H2,19,20,21,22). The highest BCUT2D eigenvalue weighted by atomic mass is 16.3. The van der Waals surface area contributed by atoms with Crippen molar-refractivity contribution in [3.05, 3.63) is 60.3 Å². The Morgan fingerprint density at radius 1 is 1.04 bits per heavy atom. The van der Waals surface area contributed by atoms with Crippen molar-refractivity contribution in [2.24, 2.45) is 0 Å². The lowest BCUT2D eigenvalue weighted by Gasteiger charge is -2.13. The molecule has 0 radical (unpaired) electrons. The summed E-state index contributed by atoms with van der Waals surface area (Å²) in [5.74, 6) is 3.07. The van der Waals surface area contributed by atoms with E-state index < -0.39 is 0 Å². The number of aromatic nitrogens is 2. The number of furan rings is 1. The van der Waals surface area contributed by atoms with Crippen LogP contribution in [0, 0.1) is 6.92 Å². The summed E-state index contributed by atoms with van der Waals surface area (Å²) in [6.07, 6.45) is 1.66. The van der Waals surface area contributed by atoms with E-state index in [1.807, 2.05) is 51.4 Å². The first-order valence-electron chi connectivity index (χ1n) is 7.76. The third-order valence-electron chi connectivity index (χ3n) is 3.52. The summed E-state index contributed by atoms with van der Waals surface area (Å²) in [7, 11) is 4.04. The van der Waals surface area contributed by atoms with Crippen molar-refractivity contribution >= 4 is 23.0 Å². The zero-order valence-electron chi connectivity index (χ0n) is 14.1. The van der Waals surface area contributed by atoms with Gasteiger partial charge in [0, 0.05) is 31.5 Å². The SMILES string of the molecule is Cc1nc(NCc2ccco2)cc(Nc2ccc(N(C)C)cc2)n1. The fourth-order valence-corrected chi connectivity index (χ4v) is 2.30. The van der Waals surface area contributed by atoms with Gasteiger partial charge in [-0.25, -0.2) is 9.97 Å². The van der Waals surface area contributed by atoms with Crippen molar-refractivity contribution in [2.45, 2.75) is 13.5 Å². The van der Waals surface area contributed by atoms with E-state index in [4.69, 9.17) is 4.42 Å². The first kappa shape index (κ1) is 15.9. The van der Waals surface area contributed by atoms with E-state index in [9.17, 15) is 0 Å². The monoisotopic (exact) mass is 323 g/mol. The number of aryl methyl sites for hydroxylation is 1. The second-order valence-electron chi connectivity index (χ2n) is 5.68. The molecule has 6 heteroatoms. The molecule has 2 aromatic heterocycles. The van der Waals surface area contributed by atoms with Crippen molar-refractivity contribution in [3.63, 3.8) is 0 Å². The van der Waals surface area contributed by atoms with Gasteiger partial charge < -0.3 is 20.0 Å². The third kappa shape index (κ3) is 4.04. The molecular formula is C18H21N5O. The van der Waals surface area contributed by atoms with Crippen LogP contribution in [0.15, 0.2) is 53.1 Å². The maximum absolute atomic E-state index is 5.32. The number of rotatable bonds is 6. The average Bonchev–Trinajstić information content (AvgIpc) is 3.06. The Hall–Kier alpha value is -3.02. The highest BCUT2D eigenvalue weighted by Gasteiger charge is 2.04. The molecule has 0 aliphatic carbocycles. The Labute approximate surface area is 141 Å². The van der Waals surface area contributed by atoms with E-state index in [2.05, 4.69) is 37.6 Å². The van der Waals surface area contributed by atoms with Gasteiger partial charge in [-0.05, 0) is 43.3 Å². The minimum Gasteiger partial charge on any atom is -0.467 e. The van der Waals surface area contributed by atoms with Gasteiger partial charge in [0.2, 0.25) is 0 Å². The molecule has 2 N–H and O–H groups in total. The molecule has 0 bridgehead atoms. The second-order valence-corrected chi connectivity index (χ2v) is 5.68. The zero-order valence-corrected chi connectivity index (χ0v) is 14.1. The fraction of sp³-hybridized carbons (Fsp3) is 0.222. The van der Waals surface area contributed by atoms with Gasteiger partial charge in [-0.15, -0.1) is 0 Å². The second kappa shape index (κ2) is 7.04. The molecule has 0 fully saturated rings. The van der Waals surface area contributed by atoms with Gasteiger partial charge in [0.1, 0.15) is 23.2 Å². The Kier molecular flexibility index (Phi) is 4.65. The lowest BCUT2D eigenvalue weighted by molar-refractivity contribution is 0.518. The predicted molar refractivity (Wildman–Crippen MR) is 96.9 cm³/mol. The number of hydrogen-bond donors (Lipinski definition) is 2. The normalized spacial score (nSPS) is 10.5. The van der Waals surface area contributed by atoms with Gasteiger partial charge in [0.25, 0.3) is 0 Å². The van der Waals surface area contributed by atoms with Crippen LogP contribution < -0.4 is 15.5 Å². The third-order valence-corrected chi connectivity index (χ3v) is 3.52. The maximum atomic E-state index is 5.32. The molecule has 0 aliphatic rings. The molecule has 0 amide bonds. The van der Waals surface area contributed by atoms with Gasteiger partial charge in [-0.2, -0.15) is 0 Å². The lowest BCUT2D eigenvalue weighted by Crippen LogP contribution is -2.08. The summed E-state index contributed by atoms with van der Waals surface area (Å²) in [6, 6.07) is 13.9. The molecule has 3 rings (SSSR count). The van der Waals surface area contributed by atoms with Crippen LogP contribution in [0.3, 0.4) is 0 Å². The Morgan fingerprint density at radius 3 is 2.46 bits per heavy atom. The minimum atomic E-state index is 0.584. The van der Waals surface area contributed by atoms with E-state index in [0.717, 1.165) is 28.8 Å². The molecule has 2 heterocycles. The molecule has 0 spiro atoms. The zero-order chi connectivity index (χ0) is 16.9. The number of benzene rings is 1. The molecule has 0 atom stereocenters. The number of nitrogens with one attached hydrogen (secondary N) is 2. The molecule has 0 saturated carbocycles. The van der Waals surface area contributed by atoms with E-state index in [1.165, 1.54) is 0 Å². The molecular weight excluding hydrogens is 302 g/mol. The molecule has 0 unspecified atom stereocenters. The predicted octanol–water partition coefficient (Wildman–Crippen LogP) is 3.80. The number of nitrogens with zero attached hydrogens (tertiary/aromatic N) is 3. The fourth-order valence-electron chi connectivity index (χ4n) is 2.30. The quantitative estimate of drug-likeness (QED) is 0.719. The summed E-state index contributed by atoms with van der Waals surface area (Å²) in [6.45, 7) is 2.46. The summed E-state index contributed by atoms with van der Waals surface area (Å²) in [5, 5.41) is 6.56. The largest absolute Gasteiger partial charge is 0.467 e. The van der Waals surface area contributed by atoms with Crippen LogP contribution in [0.5, 0.6) is 0 Å². The topological polar surface area (TPSA) is 66.2 Å². The van der Waals surface area contributed by atoms with Gasteiger partial charge in [-0.1, -0.05) is 0 Å². The van der Waals surface area contributed by atoms with Crippen LogP contribution in [0.4, 0.5) is 23.0 Å². The minimum absolute atomic E-state index is 0.584. The van der Waals surface area contributed by atoms with Crippen molar-refractivity contribution in [2.75, 3.05) is 29.6 Å². The molecule has 124 valence electrons. The van der Waals surface area contributed by atoms with Gasteiger partial charge in [0.15, 0.2) is 0 Å². The first-order valence-corrected chi connectivity index (χ1v) is 7.76. The van der Waals surface area contributed by atoms with Crippen molar-refractivity contribution in [1.29, 1.82) is 0 Å². The first-order chi connectivity index (χ1) is 11.6. The highest BCUT2D eigenvalue weighted by Crippen LogP contribution is 2.20. The molecule has 24 heavy (non-hydrogen) atoms. The molecule has 1 aromatic carbocycles. The lowest BCUT2D eigenvalue weighted by atomic mass is 10.2. The summed E-state index contributed by atoms with van der Waals surface area (Å²) in [4.78, 5) is 10.9. The maximum Gasteiger partial charge on any atom is 0.136 e. The van der Waals surface area contributed by atoms with Gasteiger partial charge in [0.05, 0.1) is 12.8 Å². The van der Waals surface area contributed by atoms with E-state index in [1.54, 1.807) is 6.26 Å². The average molecular weight is 323 g/mol. The van der Waals surface area contributed by atoms with Crippen molar-refractivity contribution in [3.8, 4) is 0 Å². The van der Waals surface area contributed by atoms with E-state index >= 15 is 0 Å². The van der Waals surface area contributed by atoms with Crippen LogP contribution in [0.25, 0.3) is 0 Å². The highest BCUT2D eigenvalue weighted by molar-refractivity contribution is 5.62. The molecule has 3 aromatic rings. The summed E-state index contributed by atoms with van der Waals surface area (Å²) in [5.41, 5.74) is 2.14. The van der Waals surface area contributed by atoms with Crippen molar-refractivity contribution in [1.82, 2.24) is 9.97 Å². The van der Waals surface area contributed by atoms with Gasteiger partial charge >= 0.3 is 0 Å². The van der Waals surface area contributed by atoms with Gasteiger partial charge in [-0.3, -0.25) is 0 Å². The van der Waals surface area contributed by atoms with E-state index in [-0.39, 0.29) is 0 Å². The molecule has 0 aliphatic heterocycles. The van der Waals surface area contributed by atoms with Crippen LogP contribution in [-0.4, -0.2) is 24.1 Å². The van der Waals surface area contributed by atoms with Crippen LogP contribution >= 0.6 is 0 Å². The number of anilines is 4. The summed E-state index contributed by atoms with van der Waals surface area (Å²) < 4.78 is 5.32. The summed E-state index contributed by atoms with van der Waals surface area (Å²) >= 11 is 0. The van der Waals surface area contributed by atoms with Crippen molar-refractivity contribution < 1.29 is 4.42 Å². The van der Waals surface area contributed by atoms with Crippen LogP contribution in [-0.2, 0) is 6.54 Å². The Bertz CT molecular complexity index is 782. The molecule has 0 saturated heterocycles. The molecule has 6 nitrogen and oxygen atoms in total. The van der Waals surface area contributed by atoms with Crippen LogP contribution in [0.2, 0.25) is 0 Å². The van der Waals surface area contributed by atoms with Crippen LogP contribution in [0.1, 0.15) is 11.6 Å².